The molecule has 0 saturated carbocycles. The van der Waals surface area contributed by atoms with Gasteiger partial charge in [0.1, 0.15) is 11.8 Å². The van der Waals surface area contributed by atoms with E-state index in [0.717, 1.165) is 9.47 Å². The molecule has 0 saturated heterocycles. The third kappa shape index (κ3) is 3.98. The molecule has 2 rings (SSSR count). The first-order valence-electron chi connectivity index (χ1n) is 5.80. The predicted octanol–water partition coefficient (Wildman–Crippen LogP) is 4.59. The summed E-state index contributed by atoms with van der Waals surface area (Å²) in [6, 6.07) is 14.0. The van der Waals surface area contributed by atoms with Crippen molar-refractivity contribution in [2.24, 2.45) is 0 Å². The van der Waals surface area contributed by atoms with E-state index in [1.165, 1.54) is 4.88 Å². The van der Waals surface area contributed by atoms with Gasteiger partial charge in [-0.05, 0) is 47.1 Å². The lowest BCUT2D eigenvalue weighted by molar-refractivity contribution is 0.368. The summed E-state index contributed by atoms with van der Waals surface area (Å²) in [4.78, 5) is 1.26. The molecule has 0 amide bonds. The Bertz CT molecular complexity index is 591. The van der Waals surface area contributed by atoms with Gasteiger partial charge in [-0.25, -0.2) is 0 Å². The van der Waals surface area contributed by atoms with Gasteiger partial charge in [-0.1, -0.05) is 6.07 Å². The van der Waals surface area contributed by atoms with Crippen LogP contribution in [0.5, 0.6) is 5.75 Å². The highest BCUT2D eigenvalue weighted by Gasteiger charge is 2.08. The molecule has 1 unspecified atom stereocenters. The van der Waals surface area contributed by atoms with Gasteiger partial charge in [0.25, 0.3) is 0 Å². The summed E-state index contributed by atoms with van der Waals surface area (Å²) in [5.74, 6) is 0.700. The van der Waals surface area contributed by atoms with Crippen LogP contribution in [0.3, 0.4) is 0 Å². The van der Waals surface area contributed by atoms with Crippen LogP contribution in [0.1, 0.15) is 17.8 Å². The molecule has 1 atom stereocenters. The SMILES string of the molecule is CC(Nc1cccc(OCC#N)c1)c1ccc(Br)s1. The summed E-state index contributed by atoms with van der Waals surface area (Å²) >= 11 is 5.18. The van der Waals surface area contributed by atoms with Crippen LogP contribution in [-0.2, 0) is 0 Å². The second-order valence-corrected chi connectivity index (χ2v) is 6.48. The van der Waals surface area contributed by atoms with E-state index in [-0.39, 0.29) is 12.6 Å². The Morgan fingerprint density at radius 1 is 1.42 bits per heavy atom. The molecule has 0 radical (unpaired) electrons. The summed E-state index contributed by atoms with van der Waals surface area (Å²) in [6.45, 7) is 2.18. The van der Waals surface area contributed by atoms with Gasteiger partial charge in [0, 0.05) is 16.6 Å². The van der Waals surface area contributed by atoms with Crippen LogP contribution in [0.4, 0.5) is 5.69 Å². The first kappa shape index (κ1) is 13.9. The molecule has 3 nitrogen and oxygen atoms in total. The van der Waals surface area contributed by atoms with Crippen molar-refractivity contribution in [3.05, 3.63) is 45.1 Å². The third-order valence-corrected chi connectivity index (χ3v) is 4.35. The van der Waals surface area contributed by atoms with Crippen molar-refractivity contribution in [3.8, 4) is 11.8 Å². The molecule has 19 heavy (non-hydrogen) atoms. The van der Waals surface area contributed by atoms with E-state index in [1.807, 2.05) is 36.4 Å². The maximum Gasteiger partial charge on any atom is 0.174 e. The molecule has 2 aromatic rings. The van der Waals surface area contributed by atoms with Crippen molar-refractivity contribution >= 4 is 33.0 Å². The zero-order valence-electron chi connectivity index (χ0n) is 10.4. The fraction of sp³-hybridized carbons (Fsp3) is 0.214. The summed E-state index contributed by atoms with van der Waals surface area (Å²) in [6.07, 6.45) is 0. The Hall–Kier alpha value is -1.51. The number of halogens is 1. The van der Waals surface area contributed by atoms with Gasteiger partial charge in [-0.3, -0.25) is 0 Å². The lowest BCUT2D eigenvalue weighted by atomic mass is 10.2. The summed E-state index contributed by atoms with van der Waals surface area (Å²) < 4.78 is 6.41. The molecule has 1 aromatic carbocycles. The molecule has 0 fully saturated rings. The van der Waals surface area contributed by atoms with Crippen LogP contribution >= 0.6 is 27.3 Å². The smallest absolute Gasteiger partial charge is 0.174 e. The molecule has 0 aliphatic carbocycles. The number of nitrogens with zero attached hydrogens (tertiary/aromatic N) is 1. The number of nitrogens with one attached hydrogen (secondary N) is 1. The van der Waals surface area contributed by atoms with Gasteiger partial charge in [0.2, 0.25) is 0 Å². The topological polar surface area (TPSA) is 45.0 Å². The van der Waals surface area contributed by atoms with Crippen LogP contribution in [0, 0.1) is 11.3 Å². The van der Waals surface area contributed by atoms with E-state index in [1.54, 1.807) is 11.3 Å². The van der Waals surface area contributed by atoms with Crippen molar-refractivity contribution in [3.63, 3.8) is 0 Å². The molecule has 5 heteroatoms. The molecular weight excluding hydrogens is 324 g/mol. The molecule has 98 valence electrons. The minimum atomic E-state index is 0.0663. The van der Waals surface area contributed by atoms with Gasteiger partial charge in [0.05, 0.1) is 9.83 Å². The number of hydrogen-bond donors (Lipinski definition) is 1. The third-order valence-electron chi connectivity index (χ3n) is 2.54. The number of ether oxygens (including phenoxy) is 1. The molecular formula is C14H13BrN2OS. The van der Waals surface area contributed by atoms with Gasteiger partial charge in [-0.2, -0.15) is 5.26 Å². The first-order valence-corrected chi connectivity index (χ1v) is 7.41. The number of hydrogen-bond acceptors (Lipinski definition) is 4. The Morgan fingerprint density at radius 3 is 2.95 bits per heavy atom. The summed E-state index contributed by atoms with van der Waals surface area (Å²) in [5.41, 5.74) is 0.979. The van der Waals surface area contributed by atoms with Crippen molar-refractivity contribution in [1.82, 2.24) is 0 Å². The molecule has 0 spiro atoms. The van der Waals surface area contributed by atoms with Gasteiger partial charge in [0.15, 0.2) is 6.61 Å². The highest BCUT2D eigenvalue weighted by Crippen LogP contribution is 2.30. The molecule has 0 bridgehead atoms. The Morgan fingerprint density at radius 2 is 2.26 bits per heavy atom. The highest BCUT2D eigenvalue weighted by molar-refractivity contribution is 9.11. The van der Waals surface area contributed by atoms with Gasteiger partial charge in [-0.15, -0.1) is 11.3 Å². The maximum absolute atomic E-state index is 8.50. The Labute approximate surface area is 125 Å². The van der Waals surface area contributed by atoms with Crippen molar-refractivity contribution < 1.29 is 4.74 Å². The molecule has 1 N–H and O–H groups in total. The Kier molecular flexibility index (Phi) is 4.83. The van der Waals surface area contributed by atoms with E-state index >= 15 is 0 Å². The fourth-order valence-corrected chi connectivity index (χ4v) is 3.10. The second kappa shape index (κ2) is 6.60. The zero-order valence-corrected chi connectivity index (χ0v) is 12.8. The van der Waals surface area contributed by atoms with Crippen LogP contribution in [0.25, 0.3) is 0 Å². The van der Waals surface area contributed by atoms with Crippen LogP contribution in [0.2, 0.25) is 0 Å². The van der Waals surface area contributed by atoms with Crippen molar-refractivity contribution in [2.75, 3.05) is 11.9 Å². The number of thiophene rings is 1. The lowest BCUT2D eigenvalue weighted by Crippen LogP contribution is -2.05. The van der Waals surface area contributed by atoms with Crippen LogP contribution in [-0.4, -0.2) is 6.61 Å². The Balaban J connectivity index is 2.04. The normalized spacial score (nSPS) is 11.6. The van der Waals surface area contributed by atoms with Crippen LogP contribution in [0.15, 0.2) is 40.2 Å². The standard InChI is InChI=1S/C14H13BrN2OS/c1-10(13-5-6-14(15)19-13)17-11-3-2-4-12(9-11)18-8-7-16/h2-6,9-10,17H,8H2,1H3. The van der Waals surface area contributed by atoms with Crippen LogP contribution < -0.4 is 10.1 Å². The predicted molar refractivity (Wildman–Crippen MR) is 81.6 cm³/mol. The zero-order chi connectivity index (χ0) is 13.7. The first-order chi connectivity index (χ1) is 9.19. The fourth-order valence-electron chi connectivity index (χ4n) is 1.67. The molecule has 0 aliphatic rings. The number of nitriles is 1. The minimum Gasteiger partial charge on any atom is -0.479 e. The average molecular weight is 337 g/mol. The quantitative estimate of drug-likeness (QED) is 0.868. The monoisotopic (exact) mass is 336 g/mol. The summed E-state index contributed by atoms with van der Waals surface area (Å²) in [5, 5.41) is 11.9. The maximum atomic E-state index is 8.50. The van der Waals surface area contributed by atoms with Crippen molar-refractivity contribution in [1.29, 1.82) is 5.26 Å². The molecule has 1 heterocycles. The van der Waals surface area contributed by atoms with Gasteiger partial charge < -0.3 is 10.1 Å². The van der Waals surface area contributed by atoms with E-state index in [2.05, 4.69) is 34.2 Å². The van der Waals surface area contributed by atoms with E-state index in [4.69, 9.17) is 10.00 Å². The summed E-state index contributed by atoms with van der Waals surface area (Å²) in [7, 11) is 0. The average Bonchev–Trinajstić information content (AvgIpc) is 2.83. The largest absolute Gasteiger partial charge is 0.479 e. The highest BCUT2D eigenvalue weighted by atomic mass is 79.9. The molecule has 1 aromatic heterocycles. The van der Waals surface area contributed by atoms with E-state index < -0.39 is 0 Å². The molecule has 0 aliphatic heterocycles. The van der Waals surface area contributed by atoms with E-state index in [0.29, 0.717) is 5.75 Å². The number of anilines is 1. The second-order valence-electron chi connectivity index (χ2n) is 3.98. The van der Waals surface area contributed by atoms with E-state index in [9.17, 15) is 0 Å². The lowest BCUT2D eigenvalue weighted by Gasteiger charge is -2.14. The van der Waals surface area contributed by atoms with Gasteiger partial charge >= 0.3 is 0 Å². The number of benzene rings is 1. The minimum absolute atomic E-state index is 0.0663. The van der Waals surface area contributed by atoms with Crippen molar-refractivity contribution in [2.45, 2.75) is 13.0 Å². The number of rotatable bonds is 5.